The lowest BCUT2D eigenvalue weighted by Crippen LogP contribution is -2.39. The number of nitrogens with zero attached hydrogens (tertiary/aromatic N) is 1. The monoisotopic (exact) mass is 236 g/mol. The number of piperidine rings is 1. The van der Waals surface area contributed by atoms with Crippen LogP contribution in [-0.2, 0) is 0 Å². The summed E-state index contributed by atoms with van der Waals surface area (Å²) in [6.45, 7) is 2.07. The van der Waals surface area contributed by atoms with Crippen molar-refractivity contribution in [1.82, 2.24) is 4.90 Å². The lowest BCUT2D eigenvalue weighted by Gasteiger charge is -2.32. The summed E-state index contributed by atoms with van der Waals surface area (Å²) in [7, 11) is 3.70. The largest absolute Gasteiger partial charge is 0.494 e. The van der Waals surface area contributed by atoms with Crippen molar-refractivity contribution in [3.8, 4) is 5.75 Å². The molecule has 3 nitrogen and oxygen atoms in total. The van der Waals surface area contributed by atoms with Crippen LogP contribution in [0.4, 0.5) is 10.1 Å². The molecular formula is C13H17FN2O. The van der Waals surface area contributed by atoms with E-state index in [1.54, 1.807) is 13.2 Å². The number of anilines is 1. The maximum absolute atomic E-state index is 13.5. The third-order valence-electron chi connectivity index (χ3n) is 3.86. The summed E-state index contributed by atoms with van der Waals surface area (Å²) in [6, 6.07) is 3.53. The molecule has 0 spiro atoms. The predicted molar refractivity (Wildman–Crippen MR) is 65.2 cm³/mol. The zero-order chi connectivity index (χ0) is 12.0. The van der Waals surface area contributed by atoms with E-state index in [1.165, 1.54) is 6.07 Å². The van der Waals surface area contributed by atoms with Gasteiger partial charge in [0.05, 0.1) is 12.8 Å². The molecule has 3 rings (SSSR count). The Hall–Kier alpha value is -1.29. The van der Waals surface area contributed by atoms with E-state index in [1.807, 2.05) is 0 Å². The summed E-state index contributed by atoms with van der Waals surface area (Å²) < 4.78 is 18.8. The zero-order valence-corrected chi connectivity index (χ0v) is 10.2. The van der Waals surface area contributed by atoms with Crippen LogP contribution in [0.2, 0.25) is 0 Å². The highest BCUT2D eigenvalue weighted by Crippen LogP contribution is 2.44. The van der Waals surface area contributed by atoms with Gasteiger partial charge in [-0.1, -0.05) is 0 Å². The normalized spacial score (nSPS) is 27.2. The minimum Gasteiger partial charge on any atom is -0.494 e. The molecule has 0 aromatic heterocycles. The number of likely N-dealkylation sites (tertiary alicyclic amines) is 1. The minimum atomic E-state index is -0.212. The van der Waals surface area contributed by atoms with Crippen LogP contribution in [0.1, 0.15) is 17.9 Å². The van der Waals surface area contributed by atoms with Crippen molar-refractivity contribution in [3.05, 3.63) is 23.5 Å². The van der Waals surface area contributed by atoms with Gasteiger partial charge in [0.2, 0.25) is 0 Å². The Morgan fingerprint density at radius 1 is 1.47 bits per heavy atom. The molecule has 17 heavy (non-hydrogen) atoms. The van der Waals surface area contributed by atoms with Crippen molar-refractivity contribution in [2.45, 2.75) is 18.4 Å². The van der Waals surface area contributed by atoms with Crippen LogP contribution < -0.4 is 10.1 Å². The van der Waals surface area contributed by atoms with Gasteiger partial charge in [-0.05, 0) is 31.6 Å². The average molecular weight is 236 g/mol. The first-order valence-electron chi connectivity index (χ1n) is 6.01. The highest BCUT2D eigenvalue weighted by Gasteiger charge is 2.37. The Labute approximate surface area is 101 Å². The molecule has 1 N–H and O–H groups in total. The fourth-order valence-corrected chi connectivity index (χ4v) is 3.00. The van der Waals surface area contributed by atoms with E-state index in [9.17, 15) is 4.39 Å². The molecule has 1 saturated heterocycles. The van der Waals surface area contributed by atoms with Gasteiger partial charge >= 0.3 is 0 Å². The second-order valence-corrected chi connectivity index (χ2v) is 4.98. The van der Waals surface area contributed by atoms with Crippen LogP contribution >= 0.6 is 0 Å². The summed E-state index contributed by atoms with van der Waals surface area (Å²) in [5.41, 5.74) is 2.05. The van der Waals surface area contributed by atoms with Crippen LogP contribution in [-0.4, -0.2) is 38.2 Å². The van der Waals surface area contributed by atoms with Gasteiger partial charge in [0.1, 0.15) is 11.6 Å². The van der Waals surface area contributed by atoms with Crippen molar-refractivity contribution >= 4 is 5.69 Å². The smallest absolute Gasteiger partial charge is 0.145 e. The van der Waals surface area contributed by atoms with Gasteiger partial charge in [0.25, 0.3) is 0 Å². The molecule has 1 aromatic rings. The molecule has 2 aliphatic heterocycles. The number of halogens is 1. The number of hydrogen-bond acceptors (Lipinski definition) is 3. The summed E-state index contributed by atoms with van der Waals surface area (Å²) in [5, 5.41) is 3.49. The third kappa shape index (κ3) is 1.67. The average Bonchev–Trinajstić information content (AvgIpc) is 2.66. The molecule has 2 aliphatic rings. The Balaban J connectivity index is 2.04. The van der Waals surface area contributed by atoms with E-state index in [-0.39, 0.29) is 5.82 Å². The van der Waals surface area contributed by atoms with Gasteiger partial charge in [0.15, 0.2) is 0 Å². The predicted octanol–water partition coefficient (Wildman–Crippen LogP) is 2.05. The van der Waals surface area contributed by atoms with Gasteiger partial charge in [-0.15, -0.1) is 0 Å². The number of likely N-dealkylation sites (N-methyl/N-ethyl adjacent to an activating group) is 1. The molecule has 1 fully saturated rings. The molecule has 1 aromatic carbocycles. The molecule has 2 heterocycles. The summed E-state index contributed by atoms with van der Waals surface area (Å²) in [5.74, 6) is 0.793. The van der Waals surface area contributed by atoms with Gasteiger partial charge in [-0.25, -0.2) is 4.39 Å². The summed E-state index contributed by atoms with van der Waals surface area (Å²) in [6.07, 6.45) is 1.10. The molecule has 4 heteroatoms. The Bertz CT molecular complexity index is 449. The topological polar surface area (TPSA) is 24.5 Å². The quantitative estimate of drug-likeness (QED) is 0.807. The van der Waals surface area contributed by atoms with Crippen LogP contribution in [0.15, 0.2) is 12.1 Å². The molecule has 2 unspecified atom stereocenters. The maximum Gasteiger partial charge on any atom is 0.145 e. The fraction of sp³-hybridized carbons (Fsp3) is 0.538. The molecule has 0 aliphatic carbocycles. The van der Waals surface area contributed by atoms with Crippen molar-refractivity contribution in [2.75, 3.05) is 32.6 Å². The molecule has 0 bridgehead atoms. The van der Waals surface area contributed by atoms with Crippen molar-refractivity contribution in [2.24, 2.45) is 0 Å². The number of methoxy groups -OCH3 is 1. The van der Waals surface area contributed by atoms with Gasteiger partial charge in [-0.3, -0.25) is 0 Å². The SMILES string of the molecule is COc1cc(F)cc2c1NC1CCN(C)CC21. The van der Waals surface area contributed by atoms with Crippen LogP contribution in [0.25, 0.3) is 0 Å². The number of fused-ring (bicyclic) bond motifs is 3. The molecule has 0 amide bonds. The van der Waals surface area contributed by atoms with E-state index < -0.39 is 0 Å². The highest BCUT2D eigenvalue weighted by molar-refractivity contribution is 5.68. The first kappa shape index (κ1) is 10.8. The van der Waals surface area contributed by atoms with Crippen molar-refractivity contribution in [1.29, 1.82) is 0 Å². The second kappa shape index (κ2) is 3.88. The van der Waals surface area contributed by atoms with Crippen molar-refractivity contribution in [3.63, 3.8) is 0 Å². The second-order valence-electron chi connectivity index (χ2n) is 4.98. The summed E-state index contributed by atoms with van der Waals surface area (Å²) in [4.78, 5) is 2.30. The van der Waals surface area contributed by atoms with Crippen molar-refractivity contribution < 1.29 is 9.13 Å². The van der Waals surface area contributed by atoms with E-state index >= 15 is 0 Å². The van der Waals surface area contributed by atoms with E-state index in [4.69, 9.17) is 4.74 Å². The molecule has 2 atom stereocenters. The lowest BCUT2D eigenvalue weighted by atomic mass is 9.89. The van der Waals surface area contributed by atoms with E-state index in [2.05, 4.69) is 17.3 Å². The summed E-state index contributed by atoms with van der Waals surface area (Å²) >= 11 is 0. The van der Waals surface area contributed by atoms with E-state index in [0.717, 1.165) is 30.8 Å². The lowest BCUT2D eigenvalue weighted by molar-refractivity contribution is 0.243. The molecular weight excluding hydrogens is 219 g/mol. The third-order valence-corrected chi connectivity index (χ3v) is 3.86. The number of rotatable bonds is 1. The molecule has 0 saturated carbocycles. The fourth-order valence-electron chi connectivity index (χ4n) is 3.00. The molecule has 92 valence electrons. The van der Waals surface area contributed by atoms with E-state index in [0.29, 0.717) is 17.7 Å². The first-order valence-corrected chi connectivity index (χ1v) is 6.01. The maximum atomic E-state index is 13.5. The zero-order valence-electron chi connectivity index (χ0n) is 10.2. The number of nitrogens with one attached hydrogen (secondary N) is 1. The van der Waals surface area contributed by atoms with Gasteiger partial charge in [0, 0.05) is 24.6 Å². The first-order chi connectivity index (χ1) is 8.19. The van der Waals surface area contributed by atoms with Crippen LogP contribution in [0, 0.1) is 5.82 Å². The Kier molecular flexibility index (Phi) is 2.47. The number of ether oxygens (including phenoxy) is 1. The van der Waals surface area contributed by atoms with Gasteiger partial charge in [-0.2, -0.15) is 0 Å². The Morgan fingerprint density at radius 2 is 2.29 bits per heavy atom. The molecule has 0 radical (unpaired) electrons. The van der Waals surface area contributed by atoms with Crippen LogP contribution in [0.5, 0.6) is 5.75 Å². The standard InChI is InChI=1S/C13H17FN2O/c1-16-4-3-11-10(7-16)9-5-8(14)6-12(17-2)13(9)15-11/h5-6,10-11,15H,3-4,7H2,1-2H3. The minimum absolute atomic E-state index is 0.212. The van der Waals surface area contributed by atoms with Crippen LogP contribution in [0.3, 0.4) is 0 Å². The number of hydrogen-bond donors (Lipinski definition) is 1. The highest BCUT2D eigenvalue weighted by atomic mass is 19.1. The van der Waals surface area contributed by atoms with Gasteiger partial charge < -0.3 is 15.0 Å². The Morgan fingerprint density at radius 3 is 3.06 bits per heavy atom. The number of benzene rings is 1.